The molecule has 0 bridgehead atoms. The first-order valence-electron chi connectivity index (χ1n) is 4.98. The van der Waals surface area contributed by atoms with Crippen molar-refractivity contribution in [2.75, 3.05) is 0 Å². The fourth-order valence-electron chi connectivity index (χ4n) is 1.47. The van der Waals surface area contributed by atoms with Crippen LogP contribution in [0.25, 0.3) is 0 Å². The fraction of sp³-hybridized carbons (Fsp3) is 0.455. The molecule has 0 aliphatic heterocycles. The van der Waals surface area contributed by atoms with Crippen LogP contribution in [-0.2, 0) is 6.18 Å². The fourth-order valence-corrected chi connectivity index (χ4v) is 1.47. The van der Waals surface area contributed by atoms with E-state index in [-0.39, 0.29) is 0 Å². The van der Waals surface area contributed by atoms with E-state index in [9.17, 15) is 17.6 Å². The van der Waals surface area contributed by atoms with Crippen LogP contribution in [-0.4, -0.2) is 0 Å². The summed E-state index contributed by atoms with van der Waals surface area (Å²) < 4.78 is 49.9. The maximum absolute atomic E-state index is 13.2. The summed E-state index contributed by atoms with van der Waals surface area (Å²) in [6.45, 7) is 1.90. The lowest BCUT2D eigenvalue weighted by Gasteiger charge is -2.13. The summed E-state index contributed by atoms with van der Waals surface area (Å²) in [4.78, 5) is 0. The lowest BCUT2D eigenvalue weighted by molar-refractivity contribution is -0.140. The topological polar surface area (TPSA) is 26.0 Å². The summed E-state index contributed by atoms with van der Waals surface area (Å²) in [7, 11) is 0. The summed E-state index contributed by atoms with van der Waals surface area (Å²) in [6.07, 6.45) is -3.24. The predicted molar refractivity (Wildman–Crippen MR) is 53.2 cm³/mol. The number of hydrogen-bond acceptors (Lipinski definition) is 1. The average molecular weight is 235 g/mol. The van der Waals surface area contributed by atoms with Crippen molar-refractivity contribution in [1.82, 2.24) is 0 Å². The van der Waals surface area contributed by atoms with Crippen LogP contribution in [0.1, 0.15) is 36.9 Å². The standard InChI is InChI=1S/C11H13F4N/c1-2-3-10(16)7-4-5-8(9(12)6-7)11(13,14)15/h4-6,10H,2-3,16H2,1H3/t10-/m1/s1. The molecule has 1 aromatic carbocycles. The summed E-state index contributed by atoms with van der Waals surface area (Å²) in [6, 6.07) is 2.41. The van der Waals surface area contributed by atoms with E-state index in [1.54, 1.807) is 0 Å². The minimum Gasteiger partial charge on any atom is -0.324 e. The number of hydrogen-bond donors (Lipinski definition) is 1. The Morgan fingerprint density at radius 2 is 1.94 bits per heavy atom. The molecule has 16 heavy (non-hydrogen) atoms. The molecule has 1 rings (SSSR count). The number of benzene rings is 1. The van der Waals surface area contributed by atoms with E-state index in [1.165, 1.54) is 6.07 Å². The summed E-state index contributed by atoms with van der Waals surface area (Å²) in [5.41, 5.74) is 4.83. The van der Waals surface area contributed by atoms with Crippen LogP contribution < -0.4 is 5.73 Å². The van der Waals surface area contributed by atoms with Gasteiger partial charge >= 0.3 is 6.18 Å². The zero-order valence-electron chi connectivity index (χ0n) is 8.81. The lowest BCUT2D eigenvalue weighted by atomic mass is 10.0. The average Bonchev–Trinajstić information content (AvgIpc) is 2.16. The SMILES string of the molecule is CCC[C@@H](N)c1ccc(C(F)(F)F)c(F)c1. The van der Waals surface area contributed by atoms with Gasteiger partial charge in [0, 0.05) is 6.04 Å². The van der Waals surface area contributed by atoms with Crippen molar-refractivity contribution < 1.29 is 17.6 Å². The number of nitrogens with two attached hydrogens (primary N) is 1. The number of alkyl halides is 3. The van der Waals surface area contributed by atoms with Gasteiger partial charge in [-0.05, 0) is 24.1 Å². The Morgan fingerprint density at radius 3 is 2.38 bits per heavy atom. The molecule has 0 saturated heterocycles. The van der Waals surface area contributed by atoms with Gasteiger partial charge in [0.25, 0.3) is 0 Å². The Hall–Kier alpha value is -1.10. The van der Waals surface area contributed by atoms with Crippen molar-refractivity contribution >= 4 is 0 Å². The third kappa shape index (κ3) is 2.95. The number of halogens is 4. The van der Waals surface area contributed by atoms with Gasteiger partial charge in [-0.1, -0.05) is 19.4 Å². The van der Waals surface area contributed by atoms with Crippen LogP contribution in [0.3, 0.4) is 0 Å². The van der Waals surface area contributed by atoms with E-state index in [1.807, 2.05) is 6.92 Å². The molecule has 0 aromatic heterocycles. The van der Waals surface area contributed by atoms with Gasteiger partial charge in [0.2, 0.25) is 0 Å². The molecular weight excluding hydrogens is 222 g/mol. The normalized spacial score (nSPS) is 13.9. The van der Waals surface area contributed by atoms with Crippen LogP contribution in [0.15, 0.2) is 18.2 Å². The zero-order chi connectivity index (χ0) is 12.3. The smallest absolute Gasteiger partial charge is 0.324 e. The minimum absolute atomic E-state index is 0.396. The largest absolute Gasteiger partial charge is 0.419 e. The Bertz CT molecular complexity index is 359. The molecule has 0 aliphatic carbocycles. The summed E-state index contributed by atoms with van der Waals surface area (Å²) in [5, 5.41) is 0. The minimum atomic E-state index is -4.66. The molecule has 5 heteroatoms. The molecule has 90 valence electrons. The van der Waals surface area contributed by atoms with Crippen LogP contribution in [0, 0.1) is 5.82 Å². The van der Waals surface area contributed by atoms with Gasteiger partial charge in [0.1, 0.15) is 5.82 Å². The quantitative estimate of drug-likeness (QED) is 0.795. The molecule has 0 radical (unpaired) electrons. The van der Waals surface area contributed by atoms with E-state index >= 15 is 0 Å². The van der Waals surface area contributed by atoms with Crippen molar-refractivity contribution in [2.24, 2.45) is 5.73 Å². The predicted octanol–water partition coefficient (Wildman–Crippen LogP) is 3.64. The lowest BCUT2D eigenvalue weighted by Crippen LogP contribution is -2.13. The van der Waals surface area contributed by atoms with E-state index in [4.69, 9.17) is 5.73 Å². The molecule has 0 saturated carbocycles. The van der Waals surface area contributed by atoms with Gasteiger partial charge in [-0.15, -0.1) is 0 Å². The number of rotatable bonds is 3. The van der Waals surface area contributed by atoms with Gasteiger partial charge in [-0.3, -0.25) is 0 Å². The van der Waals surface area contributed by atoms with Crippen LogP contribution >= 0.6 is 0 Å². The molecule has 0 unspecified atom stereocenters. The highest BCUT2D eigenvalue weighted by molar-refractivity contribution is 5.28. The first kappa shape index (κ1) is 13.0. The van der Waals surface area contributed by atoms with E-state index < -0.39 is 23.6 Å². The molecule has 0 heterocycles. The van der Waals surface area contributed by atoms with Gasteiger partial charge in [0.15, 0.2) is 0 Å². The van der Waals surface area contributed by atoms with Gasteiger partial charge in [-0.25, -0.2) is 4.39 Å². The second kappa shape index (κ2) is 4.82. The molecule has 0 aliphatic rings. The van der Waals surface area contributed by atoms with Gasteiger partial charge in [0.05, 0.1) is 5.56 Å². The third-order valence-corrected chi connectivity index (χ3v) is 2.33. The Morgan fingerprint density at radius 1 is 1.31 bits per heavy atom. The maximum Gasteiger partial charge on any atom is 0.419 e. The van der Waals surface area contributed by atoms with Crippen molar-refractivity contribution in [3.8, 4) is 0 Å². The molecule has 0 amide bonds. The highest BCUT2D eigenvalue weighted by atomic mass is 19.4. The summed E-state index contributed by atoms with van der Waals surface area (Å²) in [5.74, 6) is -1.27. The molecule has 0 fully saturated rings. The van der Waals surface area contributed by atoms with Crippen molar-refractivity contribution in [3.05, 3.63) is 35.1 Å². The maximum atomic E-state index is 13.2. The van der Waals surface area contributed by atoms with Crippen molar-refractivity contribution in [2.45, 2.75) is 32.0 Å². The Labute approximate surface area is 91.3 Å². The second-order valence-electron chi connectivity index (χ2n) is 3.63. The van der Waals surface area contributed by atoms with Crippen molar-refractivity contribution in [3.63, 3.8) is 0 Å². The van der Waals surface area contributed by atoms with Gasteiger partial charge in [-0.2, -0.15) is 13.2 Å². The van der Waals surface area contributed by atoms with E-state index in [0.29, 0.717) is 12.0 Å². The Balaban J connectivity index is 3.00. The molecule has 0 spiro atoms. The first-order valence-corrected chi connectivity index (χ1v) is 4.98. The van der Waals surface area contributed by atoms with Gasteiger partial charge < -0.3 is 5.73 Å². The first-order chi connectivity index (χ1) is 7.36. The van der Waals surface area contributed by atoms with Crippen LogP contribution in [0.5, 0.6) is 0 Å². The molecule has 1 atom stereocenters. The second-order valence-corrected chi connectivity index (χ2v) is 3.63. The zero-order valence-corrected chi connectivity index (χ0v) is 8.81. The van der Waals surface area contributed by atoms with E-state index in [0.717, 1.165) is 18.6 Å². The highest BCUT2D eigenvalue weighted by Gasteiger charge is 2.34. The van der Waals surface area contributed by atoms with E-state index in [2.05, 4.69) is 0 Å². The van der Waals surface area contributed by atoms with Crippen LogP contribution in [0.2, 0.25) is 0 Å². The molecule has 1 aromatic rings. The van der Waals surface area contributed by atoms with Crippen LogP contribution in [0.4, 0.5) is 17.6 Å². The molecular formula is C11H13F4N. The van der Waals surface area contributed by atoms with Crippen molar-refractivity contribution in [1.29, 1.82) is 0 Å². The Kier molecular flexibility index (Phi) is 3.91. The molecule has 2 N–H and O–H groups in total. The third-order valence-electron chi connectivity index (χ3n) is 2.33. The summed E-state index contributed by atoms with van der Waals surface area (Å²) >= 11 is 0. The molecule has 1 nitrogen and oxygen atoms in total. The highest BCUT2D eigenvalue weighted by Crippen LogP contribution is 2.32. The monoisotopic (exact) mass is 235 g/mol.